The number of hydrogen-bond donors (Lipinski definition) is 1. The molecule has 1 N–H and O–H groups in total. The highest BCUT2D eigenvalue weighted by atomic mass is 32.2. The van der Waals surface area contributed by atoms with Crippen LogP contribution in [0.25, 0.3) is 0 Å². The molecule has 16 heavy (non-hydrogen) atoms. The molecule has 88 valence electrons. The Labute approximate surface area is 98.3 Å². The number of aliphatic carboxylic acids is 1. The van der Waals surface area contributed by atoms with Crippen molar-refractivity contribution in [2.24, 2.45) is 12.5 Å². The van der Waals surface area contributed by atoms with E-state index in [1.807, 2.05) is 11.6 Å². The standard InChI is InChI=1S/C10H15N3O2S/c1-10(2)4-6(10)8-11-12-9(13(8)3)16-5-7(14)15/h6H,4-5H2,1-3H3,(H,14,15). The Morgan fingerprint density at radius 3 is 2.75 bits per heavy atom. The molecule has 1 aliphatic rings. The minimum absolute atomic E-state index is 0.0278. The van der Waals surface area contributed by atoms with Gasteiger partial charge < -0.3 is 9.67 Å². The molecule has 0 bridgehead atoms. The first kappa shape index (κ1) is 11.4. The molecule has 1 heterocycles. The molecule has 5 nitrogen and oxygen atoms in total. The Morgan fingerprint density at radius 1 is 1.62 bits per heavy atom. The largest absolute Gasteiger partial charge is 0.481 e. The van der Waals surface area contributed by atoms with Gasteiger partial charge in [-0.25, -0.2) is 0 Å². The number of hydrogen-bond acceptors (Lipinski definition) is 4. The van der Waals surface area contributed by atoms with Gasteiger partial charge in [0.2, 0.25) is 0 Å². The number of aromatic nitrogens is 3. The van der Waals surface area contributed by atoms with Crippen LogP contribution in [0.1, 0.15) is 32.0 Å². The molecular weight excluding hydrogens is 226 g/mol. The highest BCUT2D eigenvalue weighted by Crippen LogP contribution is 2.58. The average Bonchev–Trinajstić information content (AvgIpc) is 2.66. The Hall–Kier alpha value is -1.04. The van der Waals surface area contributed by atoms with E-state index < -0.39 is 5.97 Å². The summed E-state index contributed by atoms with van der Waals surface area (Å²) in [6, 6.07) is 0. The zero-order valence-corrected chi connectivity index (χ0v) is 10.4. The maximum absolute atomic E-state index is 10.5. The molecule has 0 spiro atoms. The van der Waals surface area contributed by atoms with Crippen LogP contribution >= 0.6 is 11.8 Å². The quantitative estimate of drug-likeness (QED) is 0.809. The number of carbonyl (C=O) groups is 1. The third kappa shape index (κ3) is 2.07. The second-order valence-electron chi connectivity index (χ2n) is 4.83. The fraction of sp³-hybridized carbons (Fsp3) is 0.700. The average molecular weight is 241 g/mol. The van der Waals surface area contributed by atoms with E-state index >= 15 is 0 Å². The molecule has 1 aromatic rings. The zero-order valence-electron chi connectivity index (χ0n) is 9.60. The van der Waals surface area contributed by atoms with Gasteiger partial charge in [0.05, 0.1) is 5.75 Å². The van der Waals surface area contributed by atoms with Crippen LogP contribution in [0.15, 0.2) is 5.16 Å². The van der Waals surface area contributed by atoms with Gasteiger partial charge in [0.15, 0.2) is 5.16 Å². The molecule has 0 saturated heterocycles. The van der Waals surface area contributed by atoms with Crippen LogP contribution in [0.3, 0.4) is 0 Å². The second kappa shape index (κ2) is 3.76. The van der Waals surface area contributed by atoms with Crippen molar-refractivity contribution in [3.05, 3.63) is 5.82 Å². The van der Waals surface area contributed by atoms with Crippen LogP contribution in [-0.4, -0.2) is 31.6 Å². The third-order valence-electron chi connectivity index (χ3n) is 3.02. The van der Waals surface area contributed by atoms with Gasteiger partial charge in [-0.15, -0.1) is 10.2 Å². The highest BCUT2D eigenvalue weighted by molar-refractivity contribution is 7.99. The maximum Gasteiger partial charge on any atom is 0.313 e. The number of nitrogens with zero attached hydrogens (tertiary/aromatic N) is 3. The predicted octanol–water partition coefficient (Wildman–Crippen LogP) is 1.51. The summed E-state index contributed by atoms with van der Waals surface area (Å²) < 4.78 is 1.91. The van der Waals surface area contributed by atoms with Crippen LogP contribution in [0, 0.1) is 5.41 Å². The number of thioether (sulfide) groups is 1. The molecule has 0 amide bonds. The molecule has 1 aliphatic carbocycles. The van der Waals surface area contributed by atoms with Crippen molar-refractivity contribution in [3.8, 4) is 0 Å². The summed E-state index contributed by atoms with van der Waals surface area (Å²) in [4.78, 5) is 10.5. The van der Waals surface area contributed by atoms with Crippen LogP contribution in [0.5, 0.6) is 0 Å². The summed E-state index contributed by atoms with van der Waals surface area (Å²) in [7, 11) is 1.90. The van der Waals surface area contributed by atoms with E-state index in [1.54, 1.807) is 0 Å². The molecule has 1 aromatic heterocycles. The summed E-state index contributed by atoms with van der Waals surface area (Å²) >= 11 is 1.21. The van der Waals surface area contributed by atoms with Crippen molar-refractivity contribution in [1.82, 2.24) is 14.8 Å². The van der Waals surface area contributed by atoms with Crippen LogP contribution in [0.4, 0.5) is 0 Å². The normalized spacial score (nSPS) is 22.1. The van der Waals surface area contributed by atoms with Crippen LogP contribution in [0.2, 0.25) is 0 Å². The monoisotopic (exact) mass is 241 g/mol. The topological polar surface area (TPSA) is 68.0 Å². The fourth-order valence-electron chi connectivity index (χ4n) is 1.79. The van der Waals surface area contributed by atoms with Crippen LogP contribution in [-0.2, 0) is 11.8 Å². The number of carboxylic acid groups (broad SMARTS) is 1. The van der Waals surface area contributed by atoms with Gasteiger partial charge in [0, 0.05) is 13.0 Å². The molecule has 1 fully saturated rings. The molecule has 0 aliphatic heterocycles. The first-order valence-electron chi connectivity index (χ1n) is 5.15. The summed E-state index contributed by atoms with van der Waals surface area (Å²) in [6.45, 7) is 4.41. The molecule has 1 unspecified atom stereocenters. The van der Waals surface area contributed by atoms with Crippen molar-refractivity contribution in [1.29, 1.82) is 0 Å². The van der Waals surface area contributed by atoms with E-state index in [0.29, 0.717) is 16.5 Å². The maximum atomic E-state index is 10.5. The lowest BCUT2D eigenvalue weighted by molar-refractivity contribution is -0.133. The summed E-state index contributed by atoms with van der Waals surface area (Å²) in [5, 5.41) is 17.5. The number of rotatable bonds is 4. The number of carboxylic acids is 1. The smallest absolute Gasteiger partial charge is 0.313 e. The summed E-state index contributed by atoms with van der Waals surface area (Å²) in [6.07, 6.45) is 1.13. The summed E-state index contributed by atoms with van der Waals surface area (Å²) in [5.41, 5.74) is 0.315. The van der Waals surface area contributed by atoms with E-state index in [2.05, 4.69) is 24.0 Å². The molecule has 6 heteroatoms. The van der Waals surface area contributed by atoms with E-state index in [0.717, 1.165) is 12.2 Å². The van der Waals surface area contributed by atoms with Gasteiger partial charge in [-0.3, -0.25) is 4.79 Å². The molecule has 0 radical (unpaired) electrons. The van der Waals surface area contributed by atoms with Crippen molar-refractivity contribution < 1.29 is 9.90 Å². The van der Waals surface area contributed by atoms with Gasteiger partial charge >= 0.3 is 5.97 Å². The van der Waals surface area contributed by atoms with E-state index in [9.17, 15) is 4.79 Å². The Morgan fingerprint density at radius 2 is 2.25 bits per heavy atom. The van der Waals surface area contributed by atoms with Gasteiger partial charge in [-0.2, -0.15) is 0 Å². The fourth-order valence-corrected chi connectivity index (χ4v) is 2.43. The van der Waals surface area contributed by atoms with Crippen molar-refractivity contribution in [3.63, 3.8) is 0 Å². The van der Waals surface area contributed by atoms with Gasteiger partial charge in [-0.1, -0.05) is 25.6 Å². The minimum Gasteiger partial charge on any atom is -0.481 e. The van der Waals surface area contributed by atoms with Crippen molar-refractivity contribution >= 4 is 17.7 Å². The molecule has 2 rings (SSSR count). The zero-order chi connectivity index (χ0) is 11.9. The molecule has 0 aromatic carbocycles. The first-order chi connectivity index (χ1) is 7.42. The molecule has 1 saturated carbocycles. The third-order valence-corrected chi connectivity index (χ3v) is 4.02. The van der Waals surface area contributed by atoms with E-state index in [4.69, 9.17) is 5.11 Å². The first-order valence-corrected chi connectivity index (χ1v) is 6.14. The van der Waals surface area contributed by atoms with E-state index in [-0.39, 0.29) is 5.75 Å². The lowest BCUT2D eigenvalue weighted by Crippen LogP contribution is -2.03. The van der Waals surface area contributed by atoms with Gasteiger partial charge in [0.25, 0.3) is 0 Å². The Bertz CT molecular complexity index is 428. The molecular formula is C10H15N3O2S. The van der Waals surface area contributed by atoms with Crippen molar-refractivity contribution in [2.45, 2.75) is 31.3 Å². The van der Waals surface area contributed by atoms with Gasteiger partial charge in [-0.05, 0) is 11.8 Å². The Kier molecular flexibility index (Phi) is 2.69. The SMILES string of the molecule is Cn1c(SCC(=O)O)nnc1C1CC1(C)C. The Balaban J connectivity index is 2.09. The minimum atomic E-state index is -0.832. The van der Waals surface area contributed by atoms with Crippen LogP contribution < -0.4 is 0 Å². The predicted molar refractivity (Wildman–Crippen MR) is 60.5 cm³/mol. The van der Waals surface area contributed by atoms with Gasteiger partial charge in [0.1, 0.15) is 5.82 Å². The lowest BCUT2D eigenvalue weighted by atomic mass is 10.1. The van der Waals surface area contributed by atoms with E-state index in [1.165, 1.54) is 11.8 Å². The molecule has 1 atom stereocenters. The summed E-state index contributed by atoms with van der Waals surface area (Å²) in [5.74, 6) is 0.628. The lowest BCUT2D eigenvalue weighted by Gasteiger charge is -2.04. The van der Waals surface area contributed by atoms with Crippen molar-refractivity contribution in [2.75, 3.05) is 5.75 Å². The second-order valence-corrected chi connectivity index (χ2v) is 5.77. The highest BCUT2D eigenvalue weighted by Gasteiger charge is 2.49.